The fourth-order valence-corrected chi connectivity index (χ4v) is 3.08. The zero-order valence-corrected chi connectivity index (χ0v) is 16.1. The summed E-state index contributed by atoms with van der Waals surface area (Å²) in [6.45, 7) is 3.27. The highest BCUT2D eigenvalue weighted by Gasteiger charge is 2.22. The normalized spacial score (nSPS) is 10.9. The van der Waals surface area contributed by atoms with Gasteiger partial charge in [-0.2, -0.15) is 0 Å². The van der Waals surface area contributed by atoms with E-state index in [1.807, 2.05) is 24.3 Å². The first-order valence-electron chi connectivity index (χ1n) is 8.97. The topological polar surface area (TPSA) is 78.9 Å². The van der Waals surface area contributed by atoms with Gasteiger partial charge in [0.15, 0.2) is 11.5 Å². The number of furan rings is 1. The number of fused-ring (bicyclic) bond motifs is 1. The highest BCUT2D eigenvalue weighted by molar-refractivity contribution is 5.91. The molecule has 0 amide bonds. The van der Waals surface area contributed by atoms with Gasteiger partial charge in [-0.1, -0.05) is 18.2 Å². The molecule has 6 heteroatoms. The van der Waals surface area contributed by atoms with Crippen molar-refractivity contribution >= 4 is 16.9 Å². The SMILES string of the molecule is COc1ccc(C(=O)Oc2c(C)c(-c3cc4ccccc4o3)oc(=O)c2C)cc1. The van der Waals surface area contributed by atoms with Crippen molar-refractivity contribution in [3.05, 3.63) is 81.7 Å². The van der Waals surface area contributed by atoms with Crippen molar-refractivity contribution in [2.24, 2.45) is 0 Å². The van der Waals surface area contributed by atoms with E-state index in [9.17, 15) is 9.59 Å². The van der Waals surface area contributed by atoms with Crippen LogP contribution in [0.25, 0.3) is 22.5 Å². The summed E-state index contributed by atoms with van der Waals surface area (Å²) in [7, 11) is 1.54. The summed E-state index contributed by atoms with van der Waals surface area (Å²) in [5.74, 6) is 0.829. The van der Waals surface area contributed by atoms with E-state index >= 15 is 0 Å². The molecule has 0 spiro atoms. The van der Waals surface area contributed by atoms with Gasteiger partial charge < -0.3 is 18.3 Å². The van der Waals surface area contributed by atoms with E-state index in [-0.39, 0.29) is 17.1 Å². The summed E-state index contributed by atoms with van der Waals surface area (Å²) < 4.78 is 21.9. The number of benzene rings is 2. The number of methoxy groups -OCH3 is 1. The number of para-hydroxylation sites is 1. The molecule has 0 radical (unpaired) electrons. The molecule has 0 N–H and O–H groups in total. The lowest BCUT2D eigenvalue weighted by molar-refractivity contribution is 0.0731. The molecule has 0 aliphatic carbocycles. The number of carbonyl (C=O) groups excluding carboxylic acids is 1. The first kappa shape index (κ1) is 18.6. The van der Waals surface area contributed by atoms with Crippen molar-refractivity contribution in [3.8, 4) is 23.0 Å². The molecule has 146 valence electrons. The van der Waals surface area contributed by atoms with Crippen LogP contribution in [0.5, 0.6) is 11.5 Å². The van der Waals surface area contributed by atoms with Crippen molar-refractivity contribution in [2.45, 2.75) is 13.8 Å². The fourth-order valence-electron chi connectivity index (χ4n) is 3.08. The molecular formula is C23H18O6. The Morgan fingerprint density at radius 1 is 0.931 bits per heavy atom. The quantitative estimate of drug-likeness (QED) is 0.461. The van der Waals surface area contributed by atoms with Gasteiger partial charge in [-0.15, -0.1) is 0 Å². The number of esters is 1. The molecule has 6 nitrogen and oxygen atoms in total. The van der Waals surface area contributed by atoms with Crippen molar-refractivity contribution in [2.75, 3.05) is 7.11 Å². The van der Waals surface area contributed by atoms with Crippen molar-refractivity contribution < 1.29 is 23.1 Å². The molecule has 0 fully saturated rings. The van der Waals surface area contributed by atoms with Crippen molar-refractivity contribution in [1.29, 1.82) is 0 Å². The van der Waals surface area contributed by atoms with Gasteiger partial charge in [0.2, 0.25) is 0 Å². The summed E-state index contributed by atoms with van der Waals surface area (Å²) in [6, 6.07) is 15.8. The van der Waals surface area contributed by atoms with Gasteiger partial charge in [0.05, 0.1) is 18.2 Å². The second kappa shape index (κ2) is 7.31. The Balaban J connectivity index is 1.75. The summed E-state index contributed by atoms with van der Waals surface area (Å²) >= 11 is 0. The Kier molecular flexibility index (Phi) is 4.68. The minimum Gasteiger partial charge on any atom is -0.497 e. The third kappa shape index (κ3) is 3.40. The molecule has 4 aromatic rings. The lowest BCUT2D eigenvalue weighted by atomic mass is 10.1. The van der Waals surface area contributed by atoms with Crippen LogP contribution in [0.2, 0.25) is 0 Å². The largest absolute Gasteiger partial charge is 0.497 e. The van der Waals surface area contributed by atoms with Crippen LogP contribution in [0.15, 0.2) is 68.2 Å². The van der Waals surface area contributed by atoms with Gasteiger partial charge in [-0.3, -0.25) is 0 Å². The molecule has 2 aromatic carbocycles. The maximum absolute atomic E-state index is 12.6. The number of rotatable bonds is 4. The summed E-state index contributed by atoms with van der Waals surface area (Å²) in [4.78, 5) is 25.0. The standard InChI is InChI=1S/C23H18O6/c1-13-20(28-23(25)15-8-10-17(26-3)11-9-15)14(2)22(24)29-21(13)19-12-16-6-4-5-7-18(16)27-19/h4-12H,1-3H3. The Morgan fingerprint density at radius 3 is 2.34 bits per heavy atom. The molecule has 0 aliphatic heterocycles. The second-order valence-corrected chi connectivity index (χ2v) is 6.56. The maximum atomic E-state index is 12.6. The molecule has 2 heterocycles. The number of carbonyl (C=O) groups is 1. The zero-order valence-electron chi connectivity index (χ0n) is 16.1. The molecule has 2 aromatic heterocycles. The number of hydrogen-bond donors (Lipinski definition) is 0. The number of ether oxygens (including phenoxy) is 2. The molecule has 29 heavy (non-hydrogen) atoms. The maximum Gasteiger partial charge on any atom is 0.343 e. The van der Waals surface area contributed by atoms with Crippen LogP contribution >= 0.6 is 0 Å². The fraction of sp³-hybridized carbons (Fsp3) is 0.130. The molecule has 0 unspecified atom stereocenters. The predicted octanol–water partition coefficient (Wildman–Crippen LogP) is 4.90. The predicted molar refractivity (Wildman–Crippen MR) is 108 cm³/mol. The van der Waals surface area contributed by atoms with E-state index in [4.69, 9.17) is 18.3 Å². The second-order valence-electron chi connectivity index (χ2n) is 6.56. The smallest absolute Gasteiger partial charge is 0.343 e. The molecule has 0 atom stereocenters. The van der Waals surface area contributed by atoms with Crippen LogP contribution in [0.4, 0.5) is 0 Å². The van der Waals surface area contributed by atoms with E-state index in [1.165, 1.54) is 0 Å². The van der Waals surface area contributed by atoms with Gasteiger partial charge in [-0.05, 0) is 50.2 Å². The Labute approximate surface area is 166 Å². The first-order chi connectivity index (χ1) is 14.0. The Hall–Kier alpha value is -3.80. The average molecular weight is 390 g/mol. The van der Waals surface area contributed by atoms with Crippen LogP contribution < -0.4 is 15.1 Å². The molecule has 0 saturated carbocycles. The molecular weight excluding hydrogens is 372 g/mol. The van der Waals surface area contributed by atoms with Crippen LogP contribution in [0.3, 0.4) is 0 Å². The zero-order chi connectivity index (χ0) is 20.5. The van der Waals surface area contributed by atoms with Gasteiger partial charge in [-0.25, -0.2) is 9.59 Å². The Bertz CT molecular complexity index is 1230. The summed E-state index contributed by atoms with van der Waals surface area (Å²) in [5.41, 5.74) is 1.13. The highest BCUT2D eigenvalue weighted by atomic mass is 16.5. The highest BCUT2D eigenvalue weighted by Crippen LogP contribution is 2.34. The van der Waals surface area contributed by atoms with Crippen LogP contribution in [-0.2, 0) is 0 Å². The summed E-state index contributed by atoms with van der Waals surface area (Å²) in [6.07, 6.45) is 0. The first-order valence-corrected chi connectivity index (χ1v) is 8.97. The van der Waals surface area contributed by atoms with Crippen molar-refractivity contribution in [1.82, 2.24) is 0 Å². The van der Waals surface area contributed by atoms with Gasteiger partial charge in [0.1, 0.15) is 17.1 Å². The minimum atomic E-state index is -0.594. The Morgan fingerprint density at radius 2 is 1.66 bits per heavy atom. The number of hydrogen-bond acceptors (Lipinski definition) is 6. The van der Waals surface area contributed by atoms with Crippen LogP contribution in [0, 0.1) is 13.8 Å². The minimum absolute atomic E-state index is 0.164. The van der Waals surface area contributed by atoms with E-state index in [0.29, 0.717) is 28.2 Å². The molecule has 0 aliphatic rings. The van der Waals surface area contributed by atoms with Crippen molar-refractivity contribution in [3.63, 3.8) is 0 Å². The third-order valence-electron chi connectivity index (χ3n) is 4.69. The van der Waals surface area contributed by atoms with Crippen LogP contribution in [-0.4, -0.2) is 13.1 Å². The van der Waals surface area contributed by atoms with Gasteiger partial charge in [0.25, 0.3) is 0 Å². The lowest BCUT2D eigenvalue weighted by Crippen LogP contribution is -2.15. The van der Waals surface area contributed by atoms with Gasteiger partial charge >= 0.3 is 11.6 Å². The van der Waals surface area contributed by atoms with E-state index in [0.717, 1.165) is 5.39 Å². The third-order valence-corrected chi connectivity index (χ3v) is 4.69. The van der Waals surface area contributed by atoms with E-state index in [2.05, 4.69) is 0 Å². The lowest BCUT2D eigenvalue weighted by Gasteiger charge is -2.12. The monoisotopic (exact) mass is 390 g/mol. The average Bonchev–Trinajstić information content (AvgIpc) is 3.17. The van der Waals surface area contributed by atoms with Gasteiger partial charge in [0, 0.05) is 10.9 Å². The van der Waals surface area contributed by atoms with Crippen LogP contribution in [0.1, 0.15) is 21.5 Å². The molecule has 4 rings (SSSR count). The molecule has 0 bridgehead atoms. The van der Waals surface area contributed by atoms with E-state index < -0.39 is 11.6 Å². The molecule has 0 saturated heterocycles. The summed E-state index contributed by atoms with van der Waals surface area (Å²) in [5, 5.41) is 0.877. The van der Waals surface area contributed by atoms with E-state index in [1.54, 1.807) is 51.3 Å².